The van der Waals surface area contributed by atoms with Crippen molar-refractivity contribution in [2.75, 3.05) is 7.11 Å². The summed E-state index contributed by atoms with van der Waals surface area (Å²) in [4.78, 5) is 40.6. The number of amides is 1. The standard InChI is InChI=1S/C17H19N5O4/c1-20-15-14(16(24)21(2)17(20)25)22(10-19-15)9-13(23)18-8-11-5-4-6-12(7-11)26-3/h4-7,10H,8-9H2,1-3H3,(H,18,23). The first kappa shape index (κ1) is 17.5. The van der Waals surface area contributed by atoms with E-state index in [9.17, 15) is 14.4 Å². The van der Waals surface area contributed by atoms with Gasteiger partial charge >= 0.3 is 5.69 Å². The number of rotatable bonds is 5. The molecule has 0 atom stereocenters. The summed E-state index contributed by atoms with van der Waals surface area (Å²) in [6.45, 7) is 0.257. The highest BCUT2D eigenvalue weighted by molar-refractivity contribution is 5.78. The smallest absolute Gasteiger partial charge is 0.332 e. The molecule has 0 saturated carbocycles. The molecule has 3 rings (SSSR count). The van der Waals surface area contributed by atoms with Crippen LogP contribution in [-0.2, 0) is 32.0 Å². The quantitative estimate of drug-likeness (QED) is 0.679. The van der Waals surface area contributed by atoms with Crippen LogP contribution in [0.3, 0.4) is 0 Å². The van der Waals surface area contributed by atoms with E-state index in [1.165, 1.54) is 29.6 Å². The number of nitrogens with zero attached hydrogens (tertiary/aromatic N) is 4. The molecule has 0 aliphatic carbocycles. The molecular formula is C17H19N5O4. The molecule has 2 heterocycles. The van der Waals surface area contributed by atoms with Crippen LogP contribution in [0.15, 0.2) is 40.2 Å². The summed E-state index contributed by atoms with van der Waals surface area (Å²) in [7, 11) is 4.50. The van der Waals surface area contributed by atoms with Gasteiger partial charge < -0.3 is 14.6 Å². The lowest BCUT2D eigenvalue weighted by Crippen LogP contribution is -2.38. The van der Waals surface area contributed by atoms with E-state index in [0.29, 0.717) is 12.3 Å². The predicted molar refractivity (Wildman–Crippen MR) is 95.1 cm³/mol. The summed E-state index contributed by atoms with van der Waals surface area (Å²) >= 11 is 0. The number of fused-ring (bicyclic) bond motifs is 1. The van der Waals surface area contributed by atoms with Crippen molar-refractivity contribution in [2.24, 2.45) is 14.1 Å². The van der Waals surface area contributed by atoms with Gasteiger partial charge in [0, 0.05) is 20.6 Å². The van der Waals surface area contributed by atoms with Gasteiger partial charge in [-0.1, -0.05) is 12.1 Å². The van der Waals surface area contributed by atoms with Crippen molar-refractivity contribution in [3.63, 3.8) is 0 Å². The van der Waals surface area contributed by atoms with E-state index in [0.717, 1.165) is 10.1 Å². The number of benzene rings is 1. The number of carbonyl (C=O) groups is 1. The molecule has 0 unspecified atom stereocenters. The van der Waals surface area contributed by atoms with Gasteiger partial charge in [-0.15, -0.1) is 0 Å². The summed E-state index contributed by atoms with van der Waals surface area (Å²) in [5, 5.41) is 2.79. The summed E-state index contributed by atoms with van der Waals surface area (Å²) in [6, 6.07) is 7.37. The first-order valence-electron chi connectivity index (χ1n) is 7.93. The second-order valence-corrected chi connectivity index (χ2v) is 5.88. The van der Waals surface area contributed by atoms with Crippen molar-refractivity contribution in [2.45, 2.75) is 13.1 Å². The average Bonchev–Trinajstić information content (AvgIpc) is 3.06. The van der Waals surface area contributed by atoms with Gasteiger partial charge in [-0.25, -0.2) is 9.78 Å². The Balaban J connectivity index is 1.80. The van der Waals surface area contributed by atoms with E-state index in [-0.39, 0.29) is 23.6 Å². The molecule has 3 aromatic rings. The number of carbonyl (C=O) groups excluding carboxylic acids is 1. The first-order chi connectivity index (χ1) is 12.4. The molecule has 0 saturated heterocycles. The highest BCUT2D eigenvalue weighted by atomic mass is 16.5. The van der Waals surface area contributed by atoms with Crippen molar-refractivity contribution in [1.82, 2.24) is 24.0 Å². The minimum Gasteiger partial charge on any atom is -0.497 e. The minimum atomic E-state index is -0.485. The molecule has 0 fully saturated rings. The van der Waals surface area contributed by atoms with Crippen LogP contribution in [0.5, 0.6) is 5.75 Å². The van der Waals surface area contributed by atoms with Crippen molar-refractivity contribution in [3.8, 4) is 5.75 Å². The van der Waals surface area contributed by atoms with Gasteiger partial charge in [0.1, 0.15) is 12.3 Å². The zero-order valence-electron chi connectivity index (χ0n) is 14.7. The molecule has 1 aromatic carbocycles. The number of aromatic nitrogens is 4. The fourth-order valence-electron chi connectivity index (χ4n) is 2.71. The number of nitrogens with one attached hydrogen (secondary N) is 1. The molecule has 136 valence electrons. The van der Waals surface area contributed by atoms with E-state index < -0.39 is 11.2 Å². The Morgan fingerprint density at radius 2 is 2.00 bits per heavy atom. The minimum absolute atomic E-state index is 0.0755. The molecule has 0 aliphatic rings. The zero-order chi connectivity index (χ0) is 18.8. The zero-order valence-corrected chi connectivity index (χ0v) is 14.7. The molecule has 9 nitrogen and oxygen atoms in total. The van der Waals surface area contributed by atoms with Crippen molar-refractivity contribution < 1.29 is 9.53 Å². The number of methoxy groups -OCH3 is 1. The summed E-state index contributed by atoms with van der Waals surface area (Å²) in [6.07, 6.45) is 1.39. The average molecular weight is 357 g/mol. The van der Waals surface area contributed by atoms with Crippen LogP contribution in [0.4, 0.5) is 0 Å². The topological polar surface area (TPSA) is 100 Å². The van der Waals surface area contributed by atoms with E-state index in [2.05, 4.69) is 10.3 Å². The molecule has 1 amide bonds. The van der Waals surface area contributed by atoms with Gasteiger partial charge in [0.15, 0.2) is 11.2 Å². The lowest BCUT2D eigenvalue weighted by atomic mass is 10.2. The summed E-state index contributed by atoms with van der Waals surface area (Å²) in [5.41, 5.74) is 0.410. The van der Waals surface area contributed by atoms with E-state index in [4.69, 9.17) is 4.74 Å². The fraction of sp³-hybridized carbons (Fsp3) is 0.294. The first-order valence-corrected chi connectivity index (χ1v) is 7.93. The predicted octanol–water partition coefficient (Wildman–Crippen LogP) is -0.241. The van der Waals surface area contributed by atoms with Gasteiger partial charge in [0.25, 0.3) is 5.56 Å². The van der Waals surface area contributed by atoms with Crippen LogP contribution in [0.2, 0.25) is 0 Å². The molecule has 26 heavy (non-hydrogen) atoms. The largest absolute Gasteiger partial charge is 0.497 e. The molecule has 0 spiro atoms. The third kappa shape index (κ3) is 3.10. The third-order valence-corrected chi connectivity index (χ3v) is 4.15. The Bertz CT molecular complexity index is 1090. The Morgan fingerprint density at radius 3 is 2.73 bits per heavy atom. The molecule has 2 aromatic heterocycles. The molecule has 1 N–H and O–H groups in total. The van der Waals surface area contributed by atoms with Gasteiger partial charge in [-0.3, -0.25) is 18.7 Å². The van der Waals surface area contributed by atoms with Crippen LogP contribution < -0.4 is 21.3 Å². The highest BCUT2D eigenvalue weighted by Gasteiger charge is 2.15. The maximum Gasteiger partial charge on any atom is 0.332 e. The molecular weight excluding hydrogens is 338 g/mol. The van der Waals surface area contributed by atoms with Gasteiger partial charge in [-0.05, 0) is 17.7 Å². The Kier molecular flexibility index (Phi) is 4.61. The number of ether oxygens (including phenoxy) is 1. The maximum absolute atomic E-state index is 12.4. The number of hydrogen-bond donors (Lipinski definition) is 1. The number of imidazole rings is 1. The second-order valence-electron chi connectivity index (χ2n) is 5.88. The fourth-order valence-corrected chi connectivity index (χ4v) is 2.71. The third-order valence-electron chi connectivity index (χ3n) is 4.15. The van der Waals surface area contributed by atoms with Crippen LogP contribution >= 0.6 is 0 Å². The van der Waals surface area contributed by atoms with Crippen LogP contribution in [0, 0.1) is 0 Å². The van der Waals surface area contributed by atoms with Crippen molar-refractivity contribution in [3.05, 3.63) is 57.0 Å². The Hall–Kier alpha value is -3.36. The normalized spacial score (nSPS) is 10.9. The van der Waals surface area contributed by atoms with Crippen LogP contribution in [0.1, 0.15) is 5.56 Å². The summed E-state index contributed by atoms with van der Waals surface area (Å²) < 4.78 is 8.87. The SMILES string of the molecule is COc1cccc(CNC(=O)Cn2cnc3c2c(=O)n(C)c(=O)n3C)c1. The van der Waals surface area contributed by atoms with Crippen molar-refractivity contribution >= 4 is 17.1 Å². The second kappa shape index (κ2) is 6.87. The van der Waals surface area contributed by atoms with Crippen LogP contribution in [0.25, 0.3) is 11.2 Å². The summed E-state index contributed by atoms with van der Waals surface area (Å²) in [5.74, 6) is 0.435. The van der Waals surface area contributed by atoms with E-state index in [1.807, 2.05) is 24.3 Å². The van der Waals surface area contributed by atoms with Gasteiger partial charge in [0.05, 0.1) is 13.4 Å². The van der Waals surface area contributed by atoms with Crippen molar-refractivity contribution in [1.29, 1.82) is 0 Å². The Morgan fingerprint density at radius 1 is 1.23 bits per heavy atom. The molecule has 0 bridgehead atoms. The van der Waals surface area contributed by atoms with Gasteiger partial charge in [-0.2, -0.15) is 0 Å². The molecule has 0 radical (unpaired) electrons. The maximum atomic E-state index is 12.4. The molecule has 9 heteroatoms. The number of aryl methyl sites for hydroxylation is 1. The van der Waals surface area contributed by atoms with Crippen LogP contribution in [-0.4, -0.2) is 31.7 Å². The number of hydrogen-bond acceptors (Lipinski definition) is 5. The van der Waals surface area contributed by atoms with Gasteiger partial charge in [0.2, 0.25) is 5.91 Å². The van der Waals surface area contributed by atoms with E-state index >= 15 is 0 Å². The lowest BCUT2D eigenvalue weighted by molar-refractivity contribution is -0.121. The molecule has 0 aliphatic heterocycles. The Labute approximate surface area is 148 Å². The lowest BCUT2D eigenvalue weighted by Gasteiger charge is -2.09. The van der Waals surface area contributed by atoms with E-state index in [1.54, 1.807) is 7.11 Å². The monoisotopic (exact) mass is 357 g/mol. The highest BCUT2D eigenvalue weighted by Crippen LogP contribution is 2.12.